The molecule has 0 aliphatic carbocycles. The Morgan fingerprint density at radius 1 is 1.34 bits per heavy atom. The summed E-state index contributed by atoms with van der Waals surface area (Å²) in [4.78, 5) is 17.7. The molecule has 2 heterocycles. The third-order valence-corrected chi connectivity index (χ3v) is 5.04. The van der Waals surface area contributed by atoms with Crippen LogP contribution in [0.25, 0.3) is 10.9 Å². The summed E-state index contributed by atoms with van der Waals surface area (Å²) < 4.78 is 6.85. The molecular formula is C20H28N6O3. The number of H-pyrrole nitrogens is 1. The lowest BCUT2D eigenvalue weighted by Gasteiger charge is -2.28. The second-order valence-corrected chi connectivity index (χ2v) is 7.19. The van der Waals surface area contributed by atoms with Crippen LogP contribution in [-0.4, -0.2) is 62.1 Å². The van der Waals surface area contributed by atoms with Crippen LogP contribution in [0.3, 0.4) is 0 Å². The molecule has 9 nitrogen and oxygen atoms in total. The van der Waals surface area contributed by atoms with Gasteiger partial charge in [0.25, 0.3) is 5.56 Å². The summed E-state index contributed by atoms with van der Waals surface area (Å²) >= 11 is 0. The summed E-state index contributed by atoms with van der Waals surface area (Å²) in [6.07, 6.45) is 0.592. The SMILES string of the molecule is COCCn1nnnc1[C@@H](C)N(CCCO)Cc1cc2cc(C)ccc2[nH]c1=O. The zero-order chi connectivity index (χ0) is 20.8. The summed E-state index contributed by atoms with van der Waals surface area (Å²) in [6.45, 7) is 6.20. The van der Waals surface area contributed by atoms with Crippen LogP contribution in [0, 0.1) is 6.92 Å². The lowest BCUT2D eigenvalue weighted by Crippen LogP contribution is -2.32. The van der Waals surface area contributed by atoms with Crippen LogP contribution < -0.4 is 5.56 Å². The molecule has 1 atom stereocenters. The van der Waals surface area contributed by atoms with Gasteiger partial charge >= 0.3 is 0 Å². The smallest absolute Gasteiger partial charge is 0.252 e. The van der Waals surface area contributed by atoms with Gasteiger partial charge < -0.3 is 14.8 Å². The van der Waals surface area contributed by atoms with Crippen molar-refractivity contribution in [2.24, 2.45) is 0 Å². The summed E-state index contributed by atoms with van der Waals surface area (Å²) in [5.41, 5.74) is 2.52. The van der Waals surface area contributed by atoms with Gasteiger partial charge in [0, 0.05) is 37.9 Å². The number of benzene rings is 1. The zero-order valence-electron chi connectivity index (χ0n) is 17.1. The fourth-order valence-electron chi connectivity index (χ4n) is 3.40. The van der Waals surface area contributed by atoms with Crippen molar-refractivity contribution in [2.75, 3.05) is 26.9 Å². The van der Waals surface area contributed by atoms with E-state index < -0.39 is 0 Å². The number of rotatable bonds is 10. The Balaban J connectivity index is 1.89. The van der Waals surface area contributed by atoms with Crippen LogP contribution in [0.1, 0.15) is 36.3 Å². The van der Waals surface area contributed by atoms with Crippen LogP contribution in [0.15, 0.2) is 29.1 Å². The zero-order valence-corrected chi connectivity index (χ0v) is 17.1. The maximum Gasteiger partial charge on any atom is 0.252 e. The first-order chi connectivity index (χ1) is 14.0. The number of pyridine rings is 1. The number of ether oxygens (including phenoxy) is 1. The minimum Gasteiger partial charge on any atom is -0.396 e. The van der Waals surface area contributed by atoms with Crippen molar-refractivity contribution in [3.05, 3.63) is 51.6 Å². The number of aliphatic hydroxyl groups excluding tert-OH is 1. The molecule has 29 heavy (non-hydrogen) atoms. The third-order valence-electron chi connectivity index (χ3n) is 5.04. The molecule has 0 amide bonds. The number of aromatic amines is 1. The van der Waals surface area contributed by atoms with Gasteiger partial charge in [0.2, 0.25) is 0 Å². The largest absolute Gasteiger partial charge is 0.396 e. The molecule has 0 aliphatic heterocycles. The fraction of sp³-hybridized carbons (Fsp3) is 0.500. The Morgan fingerprint density at radius 2 is 2.17 bits per heavy atom. The highest BCUT2D eigenvalue weighted by Crippen LogP contribution is 2.21. The standard InChI is InChI=1S/C20H28N6O3/c1-14-5-6-18-16(11-14)12-17(20(28)21-18)13-25(7-4-9-27)15(2)19-22-23-24-26(19)8-10-29-3/h5-6,11-12,15,27H,4,7-10,13H2,1-3H3,(H,21,28)/t15-/m1/s1. The van der Waals surface area contributed by atoms with E-state index in [0.29, 0.717) is 44.0 Å². The van der Waals surface area contributed by atoms with Crippen molar-refractivity contribution in [1.82, 2.24) is 30.1 Å². The number of aryl methyl sites for hydroxylation is 1. The predicted molar refractivity (Wildman–Crippen MR) is 110 cm³/mol. The van der Waals surface area contributed by atoms with Crippen LogP contribution in [0.2, 0.25) is 0 Å². The maximum atomic E-state index is 12.7. The van der Waals surface area contributed by atoms with Crippen molar-refractivity contribution in [3.63, 3.8) is 0 Å². The number of hydrogen-bond donors (Lipinski definition) is 2. The molecule has 0 fully saturated rings. The number of aliphatic hydroxyl groups is 1. The Labute approximate surface area is 169 Å². The number of aromatic nitrogens is 5. The number of tetrazole rings is 1. The Hall–Kier alpha value is -2.62. The van der Waals surface area contributed by atoms with Crippen molar-refractivity contribution in [1.29, 1.82) is 0 Å². The maximum absolute atomic E-state index is 12.7. The molecule has 0 saturated carbocycles. The monoisotopic (exact) mass is 400 g/mol. The van der Waals surface area contributed by atoms with Crippen LogP contribution in [0.4, 0.5) is 0 Å². The highest BCUT2D eigenvalue weighted by Gasteiger charge is 2.23. The van der Waals surface area contributed by atoms with Crippen LogP contribution in [0.5, 0.6) is 0 Å². The molecular weight excluding hydrogens is 372 g/mol. The van der Waals surface area contributed by atoms with Crippen molar-refractivity contribution in [3.8, 4) is 0 Å². The van der Waals surface area contributed by atoms with Crippen LogP contribution in [-0.2, 0) is 17.8 Å². The number of nitrogens with zero attached hydrogens (tertiary/aromatic N) is 5. The molecule has 0 radical (unpaired) electrons. The molecule has 1 aromatic carbocycles. The van der Waals surface area contributed by atoms with E-state index in [-0.39, 0.29) is 18.2 Å². The van der Waals surface area contributed by atoms with Crippen molar-refractivity contribution < 1.29 is 9.84 Å². The van der Waals surface area contributed by atoms with Crippen LogP contribution >= 0.6 is 0 Å². The summed E-state index contributed by atoms with van der Waals surface area (Å²) in [6, 6.07) is 7.76. The summed E-state index contributed by atoms with van der Waals surface area (Å²) in [5.74, 6) is 0.702. The van der Waals surface area contributed by atoms with E-state index >= 15 is 0 Å². The van der Waals surface area contributed by atoms with Gasteiger partial charge in [0.05, 0.1) is 19.2 Å². The van der Waals surface area contributed by atoms with E-state index in [4.69, 9.17) is 4.74 Å². The quantitative estimate of drug-likeness (QED) is 0.530. The van der Waals surface area contributed by atoms with Crippen molar-refractivity contribution >= 4 is 10.9 Å². The van der Waals surface area contributed by atoms with Gasteiger partial charge in [-0.1, -0.05) is 11.6 Å². The van der Waals surface area contributed by atoms with Gasteiger partial charge in [-0.15, -0.1) is 5.10 Å². The molecule has 9 heteroatoms. The lowest BCUT2D eigenvalue weighted by molar-refractivity contribution is 0.156. The molecule has 2 N–H and O–H groups in total. The van der Waals surface area contributed by atoms with E-state index in [0.717, 1.165) is 16.5 Å². The topological polar surface area (TPSA) is 109 Å². The average Bonchev–Trinajstić information content (AvgIpc) is 3.18. The minimum atomic E-state index is -0.138. The van der Waals surface area contributed by atoms with Crippen molar-refractivity contribution in [2.45, 2.75) is 39.4 Å². The second kappa shape index (κ2) is 9.73. The highest BCUT2D eigenvalue weighted by molar-refractivity contribution is 5.79. The number of methoxy groups -OCH3 is 1. The molecule has 0 bridgehead atoms. The average molecular weight is 400 g/mol. The van der Waals surface area contributed by atoms with Gasteiger partial charge in [0.15, 0.2) is 5.82 Å². The first-order valence-electron chi connectivity index (χ1n) is 9.76. The van der Waals surface area contributed by atoms with E-state index in [2.05, 4.69) is 31.5 Å². The molecule has 0 saturated heterocycles. The van der Waals surface area contributed by atoms with Gasteiger partial charge in [-0.2, -0.15) is 0 Å². The van der Waals surface area contributed by atoms with Gasteiger partial charge in [0.1, 0.15) is 0 Å². The fourth-order valence-corrected chi connectivity index (χ4v) is 3.40. The molecule has 2 aromatic heterocycles. The number of nitrogens with one attached hydrogen (secondary N) is 1. The summed E-state index contributed by atoms with van der Waals surface area (Å²) in [7, 11) is 1.63. The Morgan fingerprint density at radius 3 is 2.93 bits per heavy atom. The number of fused-ring (bicyclic) bond motifs is 1. The number of hydrogen-bond acceptors (Lipinski definition) is 7. The van der Waals surface area contributed by atoms with E-state index in [1.54, 1.807) is 11.8 Å². The second-order valence-electron chi connectivity index (χ2n) is 7.19. The molecule has 3 rings (SSSR count). The predicted octanol–water partition coefficient (Wildman–Crippen LogP) is 1.42. The molecule has 156 valence electrons. The molecule has 3 aromatic rings. The van der Waals surface area contributed by atoms with E-state index in [1.165, 1.54) is 0 Å². The third kappa shape index (κ3) is 5.06. The molecule has 0 aliphatic rings. The van der Waals surface area contributed by atoms with E-state index in [9.17, 15) is 9.90 Å². The Kier molecular flexibility index (Phi) is 7.08. The normalized spacial score (nSPS) is 12.7. The Bertz CT molecular complexity index is 999. The first-order valence-corrected chi connectivity index (χ1v) is 9.76. The van der Waals surface area contributed by atoms with Gasteiger partial charge in [-0.05, 0) is 54.3 Å². The first kappa shape index (κ1) is 21.1. The minimum absolute atomic E-state index is 0.0745. The van der Waals surface area contributed by atoms with Gasteiger partial charge in [-0.25, -0.2) is 4.68 Å². The highest BCUT2D eigenvalue weighted by atomic mass is 16.5. The van der Waals surface area contributed by atoms with E-state index in [1.807, 2.05) is 32.0 Å². The van der Waals surface area contributed by atoms with Gasteiger partial charge in [-0.3, -0.25) is 9.69 Å². The summed E-state index contributed by atoms with van der Waals surface area (Å²) in [5, 5.41) is 22.4. The molecule has 0 unspecified atom stereocenters. The molecule has 0 spiro atoms. The lowest BCUT2D eigenvalue weighted by atomic mass is 10.1.